The molecule has 0 bridgehead atoms. The molecule has 1 aliphatic rings. The monoisotopic (exact) mass is 277 g/mol. The minimum atomic E-state index is -0.360. The Morgan fingerprint density at radius 2 is 1.95 bits per heavy atom. The van der Waals surface area contributed by atoms with E-state index < -0.39 is 0 Å². The largest absolute Gasteiger partial charge is 0.484 e. The van der Waals surface area contributed by atoms with Gasteiger partial charge in [-0.25, -0.2) is 4.79 Å². The average molecular weight is 277 g/mol. The maximum atomic E-state index is 11.5. The van der Waals surface area contributed by atoms with Crippen molar-refractivity contribution in [2.24, 2.45) is 5.92 Å². The molecule has 1 saturated carbocycles. The van der Waals surface area contributed by atoms with Gasteiger partial charge in [0.15, 0.2) is 6.61 Å². The highest BCUT2D eigenvalue weighted by atomic mass is 16.5. The third-order valence-electron chi connectivity index (χ3n) is 3.02. The number of carbonyl (C=O) groups excluding carboxylic acids is 2. The molecule has 0 unspecified atom stereocenters. The van der Waals surface area contributed by atoms with Gasteiger partial charge in [0.2, 0.25) is 0 Å². The predicted octanol–water partition coefficient (Wildman–Crippen LogP) is 1.77. The van der Waals surface area contributed by atoms with Crippen LogP contribution in [0.3, 0.4) is 0 Å². The minimum Gasteiger partial charge on any atom is -0.484 e. The first-order chi connectivity index (χ1) is 9.69. The van der Waals surface area contributed by atoms with Gasteiger partial charge in [-0.3, -0.25) is 4.79 Å². The number of hydrogen-bond acceptors (Lipinski definition) is 4. The molecule has 5 heteroatoms. The van der Waals surface area contributed by atoms with Crippen LogP contribution in [0.4, 0.5) is 0 Å². The third-order valence-corrected chi connectivity index (χ3v) is 3.02. The summed E-state index contributed by atoms with van der Waals surface area (Å²) in [6, 6.07) is 6.55. The van der Waals surface area contributed by atoms with Crippen molar-refractivity contribution in [3.63, 3.8) is 0 Å². The molecule has 1 aliphatic carbocycles. The standard InChI is InChI=1S/C15H19NO4/c1-2-19-15(18)12-5-7-13(8-6-12)20-10-14(17)16-9-11-3-4-11/h5-8,11H,2-4,9-10H2,1H3,(H,16,17). The van der Waals surface area contributed by atoms with E-state index in [0.717, 1.165) is 6.54 Å². The van der Waals surface area contributed by atoms with Crippen molar-refractivity contribution in [3.05, 3.63) is 29.8 Å². The van der Waals surface area contributed by atoms with Crippen molar-refractivity contribution in [1.29, 1.82) is 0 Å². The molecule has 0 atom stereocenters. The van der Waals surface area contributed by atoms with Crippen molar-refractivity contribution < 1.29 is 19.1 Å². The summed E-state index contributed by atoms with van der Waals surface area (Å²) in [7, 11) is 0. The van der Waals surface area contributed by atoms with E-state index in [1.807, 2.05) is 0 Å². The van der Waals surface area contributed by atoms with E-state index in [2.05, 4.69) is 5.32 Å². The van der Waals surface area contributed by atoms with Crippen molar-refractivity contribution in [2.45, 2.75) is 19.8 Å². The Bertz CT molecular complexity index is 465. The number of esters is 1. The second-order valence-electron chi connectivity index (χ2n) is 4.78. The van der Waals surface area contributed by atoms with Gasteiger partial charge in [0.25, 0.3) is 5.91 Å². The van der Waals surface area contributed by atoms with Crippen LogP contribution >= 0.6 is 0 Å². The van der Waals surface area contributed by atoms with Gasteiger partial charge in [-0.15, -0.1) is 0 Å². The number of hydrogen-bond donors (Lipinski definition) is 1. The van der Waals surface area contributed by atoms with Crippen LogP contribution in [0.25, 0.3) is 0 Å². The van der Waals surface area contributed by atoms with Gasteiger partial charge in [0.05, 0.1) is 12.2 Å². The molecule has 0 saturated heterocycles. The fourth-order valence-corrected chi connectivity index (χ4v) is 1.68. The van der Waals surface area contributed by atoms with Gasteiger partial charge < -0.3 is 14.8 Å². The Morgan fingerprint density at radius 3 is 2.55 bits per heavy atom. The molecule has 1 N–H and O–H groups in total. The minimum absolute atomic E-state index is 0.00846. The Labute approximate surface area is 118 Å². The zero-order chi connectivity index (χ0) is 14.4. The van der Waals surface area contributed by atoms with E-state index in [9.17, 15) is 9.59 Å². The van der Waals surface area contributed by atoms with Crippen LogP contribution in [0, 0.1) is 5.92 Å². The number of amides is 1. The van der Waals surface area contributed by atoms with Crippen molar-refractivity contribution in [1.82, 2.24) is 5.32 Å². The highest BCUT2D eigenvalue weighted by molar-refractivity contribution is 5.89. The molecule has 0 spiro atoms. The normalized spacial score (nSPS) is 13.7. The van der Waals surface area contributed by atoms with Crippen LogP contribution in [-0.2, 0) is 9.53 Å². The lowest BCUT2D eigenvalue weighted by molar-refractivity contribution is -0.123. The predicted molar refractivity (Wildman–Crippen MR) is 73.6 cm³/mol. The van der Waals surface area contributed by atoms with Gasteiger partial charge in [0.1, 0.15) is 5.75 Å². The summed E-state index contributed by atoms with van der Waals surface area (Å²) in [5, 5.41) is 2.82. The first-order valence-electron chi connectivity index (χ1n) is 6.85. The summed E-state index contributed by atoms with van der Waals surface area (Å²) in [4.78, 5) is 22.9. The van der Waals surface area contributed by atoms with Crippen LogP contribution in [-0.4, -0.2) is 31.6 Å². The van der Waals surface area contributed by atoms with Gasteiger partial charge >= 0.3 is 5.97 Å². The average Bonchev–Trinajstić information content (AvgIpc) is 3.28. The third kappa shape index (κ3) is 4.57. The topological polar surface area (TPSA) is 64.6 Å². The van der Waals surface area contributed by atoms with Crippen LogP contribution in [0.5, 0.6) is 5.75 Å². The van der Waals surface area contributed by atoms with Crippen molar-refractivity contribution in [3.8, 4) is 5.75 Å². The quantitative estimate of drug-likeness (QED) is 0.771. The first kappa shape index (κ1) is 14.4. The van der Waals surface area contributed by atoms with Crippen LogP contribution < -0.4 is 10.1 Å². The fourth-order valence-electron chi connectivity index (χ4n) is 1.68. The van der Waals surface area contributed by atoms with Crippen LogP contribution in [0.1, 0.15) is 30.1 Å². The van der Waals surface area contributed by atoms with Crippen LogP contribution in [0.15, 0.2) is 24.3 Å². The Morgan fingerprint density at radius 1 is 1.25 bits per heavy atom. The molecule has 1 fully saturated rings. The first-order valence-corrected chi connectivity index (χ1v) is 6.85. The molecular formula is C15H19NO4. The Kier molecular flexibility index (Phi) is 4.98. The van der Waals surface area contributed by atoms with E-state index in [0.29, 0.717) is 23.8 Å². The van der Waals surface area contributed by atoms with Crippen molar-refractivity contribution in [2.75, 3.05) is 19.8 Å². The molecule has 0 aliphatic heterocycles. The number of carbonyl (C=O) groups is 2. The zero-order valence-electron chi connectivity index (χ0n) is 11.6. The summed E-state index contributed by atoms with van der Waals surface area (Å²) in [6.07, 6.45) is 2.41. The summed E-state index contributed by atoms with van der Waals surface area (Å²) in [5.74, 6) is 0.732. The van der Waals surface area contributed by atoms with E-state index in [1.54, 1.807) is 31.2 Å². The van der Waals surface area contributed by atoms with Crippen LogP contribution in [0.2, 0.25) is 0 Å². The smallest absolute Gasteiger partial charge is 0.338 e. The van der Waals surface area contributed by atoms with Crippen molar-refractivity contribution >= 4 is 11.9 Å². The second-order valence-corrected chi connectivity index (χ2v) is 4.78. The van der Waals surface area contributed by atoms with Gasteiger partial charge in [-0.1, -0.05) is 0 Å². The van der Waals surface area contributed by atoms with E-state index in [4.69, 9.17) is 9.47 Å². The fraction of sp³-hybridized carbons (Fsp3) is 0.467. The molecule has 0 aromatic heterocycles. The molecule has 20 heavy (non-hydrogen) atoms. The van der Waals surface area contributed by atoms with E-state index in [1.165, 1.54) is 12.8 Å². The molecule has 1 aromatic carbocycles. The summed E-state index contributed by atoms with van der Waals surface area (Å²) < 4.78 is 10.2. The van der Waals surface area contributed by atoms with Gasteiger partial charge in [0, 0.05) is 6.54 Å². The van der Waals surface area contributed by atoms with E-state index >= 15 is 0 Å². The maximum absolute atomic E-state index is 11.5. The lowest BCUT2D eigenvalue weighted by Gasteiger charge is -2.07. The molecule has 1 aromatic rings. The molecule has 0 radical (unpaired) electrons. The second kappa shape index (κ2) is 6.93. The maximum Gasteiger partial charge on any atom is 0.338 e. The molecule has 2 rings (SSSR count). The van der Waals surface area contributed by atoms with E-state index in [-0.39, 0.29) is 18.5 Å². The molecule has 108 valence electrons. The Balaban J connectivity index is 1.74. The highest BCUT2D eigenvalue weighted by Gasteiger charge is 2.21. The molecule has 5 nitrogen and oxygen atoms in total. The number of ether oxygens (including phenoxy) is 2. The summed E-state index contributed by atoms with van der Waals surface area (Å²) in [5.41, 5.74) is 0.470. The SMILES string of the molecule is CCOC(=O)c1ccc(OCC(=O)NCC2CC2)cc1. The highest BCUT2D eigenvalue weighted by Crippen LogP contribution is 2.27. The Hall–Kier alpha value is -2.04. The molecule has 0 heterocycles. The molecular weight excluding hydrogens is 258 g/mol. The zero-order valence-corrected chi connectivity index (χ0v) is 11.6. The number of rotatable bonds is 7. The lowest BCUT2D eigenvalue weighted by atomic mass is 10.2. The van der Waals surface area contributed by atoms with Gasteiger partial charge in [-0.2, -0.15) is 0 Å². The lowest BCUT2D eigenvalue weighted by Crippen LogP contribution is -2.30. The van der Waals surface area contributed by atoms with Gasteiger partial charge in [-0.05, 0) is 49.9 Å². The number of nitrogens with one attached hydrogen (secondary N) is 1. The molecule has 1 amide bonds. The number of benzene rings is 1. The summed E-state index contributed by atoms with van der Waals surface area (Å²) in [6.45, 7) is 2.84. The summed E-state index contributed by atoms with van der Waals surface area (Å²) >= 11 is 0.